The molecular weight excluding hydrogens is 312 g/mol. The molecule has 1 heterocycles. The zero-order valence-electron chi connectivity index (χ0n) is 13.1. The third kappa shape index (κ3) is 3.47. The van der Waals surface area contributed by atoms with Gasteiger partial charge < -0.3 is 5.32 Å². The number of amides is 1. The standard InChI is InChI=1S/C16H14N4O4/c1-10-4-3-5-11(2)15(10)18-14(21)9-19-8-13(20(23)24)6-12(7-17)16(19)22/h3-6,8H,9H2,1-2H3,(H,18,21). The Bertz CT molecular complexity index is 904. The van der Waals surface area contributed by atoms with E-state index in [-0.39, 0.29) is 5.56 Å². The van der Waals surface area contributed by atoms with Gasteiger partial charge in [0.1, 0.15) is 18.2 Å². The number of pyridine rings is 1. The number of anilines is 1. The fourth-order valence-electron chi connectivity index (χ4n) is 2.26. The highest BCUT2D eigenvalue weighted by Gasteiger charge is 2.16. The Balaban J connectivity index is 2.33. The molecule has 0 bridgehead atoms. The topological polar surface area (TPSA) is 118 Å². The number of nitriles is 1. The van der Waals surface area contributed by atoms with Crippen molar-refractivity contribution in [1.82, 2.24) is 4.57 Å². The van der Waals surface area contributed by atoms with Gasteiger partial charge in [-0.05, 0) is 25.0 Å². The molecule has 1 aromatic heterocycles. The van der Waals surface area contributed by atoms with Crippen LogP contribution in [0.5, 0.6) is 0 Å². The van der Waals surface area contributed by atoms with Gasteiger partial charge in [0, 0.05) is 11.8 Å². The molecule has 0 fully saturated rings. The number of nitro groups is 1. The van der Waals surface area contributed by atoms with Crippen LogP contribution in [0.2, 0.25) is 0 Å². The van der Waals surface area contributed by atoms with E-state index in [1.54, 1.807) is 6.07 Å². The van der Waals surface area contributed by atoms with E-state index < -0.39 is 28.6 Å². The van der Waals surface area contributed by atoms with Crippen LogP contribution < -0.4 is 10.9 Å². The molecule has 24 heavy (non-hydrogen) atoms. The molecule has 0 aliphatic heterocycles. The van der Waals surface area contributed by atoms with Crippen molar-refractivity contribution < 1.29 is 9.72 Å². The van der Waals surface area contributed by atoms with E-state index in [4.69, 9.17) is 5.26 Å². The van der Waals surface area contributed by atoms with Crippen LogP contribution in [-0.4, -0.2) is 15.4 Å². The summed E-state index contributed by atoms with van der Waals surface area (Å²) in [6, 6.07) is 8.00. The van der Waals surface area contributed by atoms with E-state index in [1.165, 1.54) is 0 Å². The van der Waals surface area contributed by atoms with E-state index >= 15 is 0 Å². The minimum atomic E-state index is -0.750. The van der Waals surface area contributed by atoms with Gasteiger partial charge in [-0.1, -0.05) is 18.2 Å². The van der Waals surface area contributed by atoms with Gasteiger partial charge >= 0.3 is 0 Å². The highest BCUT2D eigenvalue weighted by atomic mass is 16.6. The average Bonchev–Trinajstić information content (AvgIpc) is 2.52. The lowest BCUT2D eigenvalue weighted by molar-refractivity contribution is -0.385. The molecule has 8 heteroatoms. The molecule has 0 aliphatic carbocycles. The van der Waals surface area contributed by atoms with E-state index in [1.807, 2.05) is 32.0 Å². The maximum atomic E-state index is 12.2. The van der Waals surface area contributed by atoms with Crippen molar-refractivity contribution in [3.05, 3.63) is 67.6 Å². The Hall–Kier alpha value is -3.47. The summed E-state index contributed by atoms with van der Waals surface area (Å²) in [4.78, 5) is 34.4. The number of hydrogen-bond acceptors (Lipinski definition) is 5. The molecule has 122 valence electrons. The van der Waals surface area contributed by atoms with Crippen LogP contribution in [0.3, 0.4) is 0 Å². The van der Waals surface area contributed by atoms with Crippen LogP contribution in [0.15, 0.2) is 35.3 Å². The molecule has 0 saturated heterocycles. The summed E-state index contributed by atoms with van der Waals surface area (Å²) in [6.45, 7) is 3.23. The molecule has 0 unspecified atom stereocenters. The van der Waals surface area contributed by atoms with E-state index in [9.17, 15) is 19.7 Å². The molecule has 2 rings (SSSR count). The molecule has 0 spiro atoms. The number of para-hydroxylation sites is 1. The number of rotatable bonds is 4. The first-order chi connectivity index (χ1) is 11.3. The van der Waals surface area contributed by atoms with E-state index in [0.717, 1.165) is 28.0 Å². The monoisotopic (exact) mass is 326 g/mol. The second-order valence-electron chi connectivity index (χ2n) is 5.23. The third-order valence-corrected chi connectivity index (χ3v) is 3.46. The molecular formula is C16H14N4O4. The lowest BCUT2D eigenvalue weighted by Gasteiger charge is -2.12. The number of nitrogens with one attached hydrogen (secondary N) is 1. The highest BCUT2D eigenvalue weighted by molar-refractivity contribution is 5.92. The summed E-state index contributed by atoms with van der Waals surface area (Å²) in [5.74, 6) is -0.515. The number of carbonyl (C=O) groups excluding carboxylic acids is 1. The predicted molar refractivity (Wildman–Crippen MR) is 86.6 cm³/mol. The van der Waals surface area contributed by atoms with Crippen LogP contribution in [0.1, 0.15) is 16.7 Å². The van der Waals surface area contributed by atoms with Crippen molar-refractivity contribution in [3.8, 4) is 6.07 Å². The van der Waals surface area contributed by atoms with Crippen LogP contribution in [0, 0.1) is 35.3 Å². The first kappa shape index (κ1) is 16.9. The lowest BCUT2D eigenvalue weighted by atomic mass is 10.1. The van der Waals surface area contributed by atoms with Crippen LogP contribution in [0.4, 0.5) is 11.4 Å². The normalized spacial score (nSPS) is 10.0. The Morgan fingerprint density at radius 2 is 2.00 bits per heavy atom. The lowest BCUT2D eigenvalue weighted by Crippen LogP contribution is -2.29. The van der Waals surface area contributed by atoms with Crippen molar-refractivity contribution >= 4 is 17.3 Å². The fourth-order valence-corrected chi connectivity index (χ4v) is 2.26. The number of hydrogen-bond donors (Lipinski definition) is 1. The zero-order chi connectivity index (χ0) is 17.9. The van der Waals surface area contributed by atoms with Crippen molar-refractivity contribution in [2.75, 3.05) is 5.32 Å². The van der Waals surface area contributed by atoms with E-state index in [2.05, 4.69) is 5.32 Å². The van der Waals surface area contributed by atoms with Crippen molar-refractivity contribution in [3.63, 3.8) is 0 Å². The van der Waals surface area contributed by atoms with Crippen LogP contribution in [0.25, 0.3) is 0 Å². The number of benzene rings is 1. The second kappa shape index (κ2) is 6.75. The Morgan fingerprint density at radius 3 is 2.54 bits per heavy atom. The second-order valence-corrected chi connectivity index (χ2v) is 5.23. The highest BCUT2D eigenvalue weighted by Crippen LogP contribution is 2.19. The van der Waals surface area contributed by atoms with Gasteiger partial charge in [0.15, 0.2) is 0 Å². The fraction of sp³-hybridized carbons (Fsp3) is 0.188. The van der Waals surface area contributed by atoms with Gasteiger partial charge in [0.2, 0.25) is 5.91 Å². The maximum Gasteiger partial charge on any atom is 0.287 e. The summed E-state index contributed by atoms with van der Waals surface area (Å²) >= 11 is 0. The maximum absolute atomic E-state index is 12.2. The summed E-state index contributed by atoms with van der Waals surface area (Å²) in [6.07, 6.45) is 0.952. The van der Waals surface area contributed by atoms with Gasteiger partial charge in [-0.2, -0.15) is 5.26 Å². The quantitative estimate of drug-likeness (QED) is 0.680. The first-order valence-electron chi connectivity index (χ1n) is 6.98. The van der Waals surface area contributed by atoms with Gasteiger partial charge in [0.05, 0.1) is 11.1 Å². The molecule has 1 aromatic carbocycles. The SMILES string of the molecule is Cc1cccc(C)c1NC(=O)Cn1cc([N+](=O)[O-])cc(C#N)c1=O. The summed E-state index contributed by atoms with van der Waals surface area (Å²) in [5.41, 5.74) is 0.774. The first-order valence-corrected chi connectivity index (χ1v) is 6.98. The van der Waals surface area contributed by atoms with Gasteiger partial charge in [-0.25, -0.2) is 0 Å². The van der Waals surface area contributed by atoms with Gasteiger partial charge in [0.25, 0.3) is 11.2 Å². The number of aryl methyl sites for hydroxylation is 2. The largest absolute Gasteiger partial charge is 0.324 e. The summed E-state index contributed by atoms with van der Waals surface area (Å²) in [7, 11) is 0. The molecule has 1 amide bonds. The Kier molecular flexibility index (Phi) is 4.75. The summed E-state index contributed by atoms with van der Waals surface area (Å²) < 4.78 is 0.861. The Morgan fingerprint density at radius 1 is 1.38 bits per heavy atom. The summed E-state index contributed by atoms with van der Waals surface area (Å²) in [5, 5.41) is 22.5. The Labute approximate surface area is 137 Å². The molecule has 0 aliphatic rings. The van der Waals surface area contributed by atoms with Crippen molar-refractivity contribution in [2.45, 2.75) is 20.4 Å². The van der Waals surface area contributed by atoms with Crippen LogP contribution in [-0.2, 0) is 11.3 Å². The molecule has 8 nitrogen and oxygen atoms in total. The number of carbonyl (C=O) groups is 1. The molecule has 1 N–H and O–H groups in total. The minimum Gasteiger partial charge on any atom is -0.324 e. The van der Waals surface area contributed by atoms with Gasteiger partial charge in [-0.3, -0.25) is 24.3 Å². The van der Waals surface area contributed by atoms with Gasteiger partial charge in [-0.15, -0.1) is 0 Å². The predicted octanol–water partition coefficient (Wildman–Crippen LogP) is 1.88. The number of nitrogens with zero attached hydrogens (tertiary/aromatic N) is 3. The smallest absolute Gasteiger partial charge is 0.287 e. The third-order valence-electron chi connectivity index (χ3n) is 3.46. The van der Waals surface area contributed by atoms with Crippen molar-refractivity contribution in [1.29, 1.82) is 5.26 Å². The molecule has 2 aromatic rings. The molecule has 0 radical (unpaired) electrons. The molecule has 0 saturated carbocycles. The van der Waals surface area contributed by atoms with Crippen molar-refractivity contribution in [2.24, 2.45) is 0 Å². The van der Waals surface area contributed by atoms with E-state index in [0.29, 0.717) is 5.69 Å². The average molecular weight is 326 g/mol. The zero-order valence-corrected chi connectivity index (χ0v) is 13.1. The van der Waals surface area contributed by atoms with Crippen LogP contribution >= 0.6 is 0 Å². The number of aromatic nitrogens is 1. The minimum absolute atomic E-state index is 0.385. The molecule has 0 atom stereocenters.